The molecule has 0 amide bonds. The number of nitrogens with one attached hydrogen (secondary N) is 1. The maximum absolute atomic E-state index is 5.34. The van der Waals surface area contributed by atoms with Gasteiger partial charge in [0.25, 0.3) is 0 Å². The summed E-state index contributed by atoms with van der Waals surface area (Å²) >= 11 is 0. The van der Waals surface area contributed by atoms with Gasteiger partial charge in [0.2, 0.25) is 0 Å². The van der Waals surface area contributed by atoms with E-state index in [2.05, 4.69) is 48.6 Å². The van der Waals surface area contributed by atoms with Crippen molar-refractivity contribution in [3.05, 3.63) is 59.7 Å². The first kappa shape index (κ1) is 16.4. The normalized spacial score (nSPS) is 12.0. The van der Waals surface area contributed by atoms with Crippen LogP contribution in [0, 0.1) is 0 Å². The van der Waals surface area contributed by atoms with Crippen LogP contribution in [0.5, 0.6) is 11.5 Å². The summed E-state index contributed by atoms with van der Waals surface area (Å²) in [6, 6.07) is 17.1. The Morgan fingerprint density at radius 3 is 2.32 bits per heavy atom. The lowest BCUT2D eigenvalue weighted by molar-refractivity contribution is 0.354. The van der Waals surface area contributed by atoms with Gasteiger partial charge in [-0.2, -0.15) is 0 Å². The molecule has 0 fully saturated rings. The lowest BCUT2D eigenvalue weighted by atomic mass is 10.1. The van der Waals surface area contributed by atoms with Crippen molar-refractivity contribution in [1.29, 1.82) is 0 Å². The van der Waals surface area contributed by atoms with Gasteiger partial charge in [-0.1, -0.05) is 36.4 Å². The van der Waals surface area contributed by atoms with Crippen LogP contribution >= 0.6 is 0 Å². The van der Waals surface area contributed by atoms with E-state index in [9.17, 15) is 0 Å². The molecule has 2 aromatic rings. The van der Waals surface area contributed by atoms with Gasteiger partial charge < -0.3 is 14.8 Å². The average molecular weight is 299 g/mol. The van der Waals surface area contributed by atoms with Crippen LogP contribution in [-0.4, -0.2) is 20.3 Å². The fraction of sp³-hybridized carbons (Fsp3) is 0.368. The third kappa shape index (κ3) is 4.78. The average Bonchev–Trinajstić information content (AvgIpc) is 2.58. The van der Waals surface area contributed by atoms with Crippen LogP contribution in [0.4, 0.5) is 0 Å². The second-order valence-electron chi connectivity index (χ2n) is 5.50. The Balaban J connectivity index is 1.82. The van der Waals surface area contributed by atoms with Gasteiger partial charge in [-0.05, 0) is 43.0 Å². The number of benzene rings is 2. The molecule has 0 unspecified atom stereocenters. The summed E-state index contributed by atoms with van der Waals surface area (Å²) in [7, 11) is 3.32. The molecule has 3 heteroatoms. The zero-order valence-corrected chi connectivity index (χ0v) is 13.6. The second-order valence-corrected chi connectivity index (χ2v) is 5.50. The van der Waals surface area contributed by atoms with Crippen LogP contribution in [0.2, 0.25) is 0 Å². The van der Waals surface area contributed by atoms with E-state index >= 15 is 0 Å². The number of aryl methyl sites for hydroxylation is 1. The molecule has 0 saturated heterocycles. The summed E-state index contributed by atoms with van der Waals surface area (Å²) in [6.45, 7) is 3.06. The minimum atomic E-state index is 0.466. The molecule has 2 aromatic carbocycles. The highest BCUT2D eigenvalue weighted by Gasteiger charge is 2.06. The SMILES string of the molecule is COc1ccc(CN[C@H](C)CCc2ccccc2)cc1OC. The molecule has 3 nitrogen and oxygen atoms in total. The van der Waals surface area contributed by atoms with Gasteiger partial charge in [-0.25, -0.2) is 0 Å². The van der Waals surface area contributed by atoms with E-state index in [0.29, 0.717) is 6.04 Å². The fourth-order valence-corrected chi connectivity index (χ4v) is 2.41. The van der Waals surface area contributed by atoms with Crippen LogP contribution in [0.15, 0.2) is 48.5 Å². The highest BCUT2D eigenvalue weighted by atomic mass is 16.5. The van der Waals surface area contributed by atoms with Crippen molar-refractivity contribution in [3.63, 3.8) is 0 Å². The Morgan fingerprint density at radius 2 is 1.64 bits per heavy atom. The van der Waals surface area contributed by atoms with E-state index < -0.39 is 0 Å². The molecule has 0 radical (unpaired) electrons. The first-order valence-corrected chi connectivity index (χ1v) is 7.71. The molecule has 0 spiro atoms. The molecule has 2 rings (SSSR count). The Morgan fingerprint density at radius 1 is 0.909 bits per heavy atom. The van der Waals surface area contributed by atoms with Crippen LogP contribution in [0.1, 0.15) is 24.5 Å². The van der Waals surface area contributed by atoms with Gasteiger partial charge in [0.1, 0.15) is 0 Å². The van der Waals surface area contributed by atoms with Crippen molar-refractivity contribution < 1.29 is 9.47 Å². The van der Waals surface area contributed by atoms with Crippen molar-refractivity contribution in [2.24, 2.45) is 0 Å². The third-order valence-electron chi connectivity index (χ3n) is 3.81. The highest BCUT2D eigenvalue weighted by Crippen LogP contribution is 2.27. The van der Waals surface area contributed by atoms with Gasteiger partial charge in [0.05, 0.1) is 14.2 Å². The molecule has 1 atom stereocenters. The predicted molar refractivity (Wildman–Crippen MR) is 90.6 cm³/mol. The molecule has 1 N–H and O–H groups in total. The maximum Gasteiger partial charge on any atom is 0.161 e. The zero-order valence-electron chi connectivity index (χ0n) is 13.6. The fourth-order valence-electron chi connectivity index (χ4n) is 2.41. The lowest BCUT2D eigenvalue weighted by Gasteiger charge is -2.15. The van der Waals surface area contributed by atoms with Crippen LogP contribution in [0.3, 0.4) is 0 Å². The Labute approximate surface area is 133 Å². The smallest absolute Gasteiger partial charge is 0.161 e. The van der Waals surface area contributed by atoms with Crippen molar-refractivity contribution in [2.75, 3.05) is 14.2 Å². The molecular formula is C19H25NO2. The van der Waals surface area contributed by atoms with E-state index in [4.69, 9.17) is 9.47 Å². The second kappa shape index (κ2) is 8.44. The molecule has 0 aromatic heterocycles. The predicted octanol–water partition coefficient (Wildman–Crippen LogP) is 3.81. The monoisotopic (exact) mass is 299 g/mol. The zero-order chi connectivity index (χ0) is 15.8. The quantitative estimate of drug-likeness (QED) is 0.804. The van der Waals surface area contributed by atoms with E-state index in [1.54, 1.807) is 14.2 Å². The summed E-state index contributed by atoms with van der Waals surface area (Å²) < 4.78 is 10.6. The molecule has 0 aliphatic carbocycles. The van der Waals surface area contributed by atoms with Crippen molar-refractivity contribution in [1.82, 2.24) is 5.32 Å². The number of methoxy groups -OCH3 is 2. The van der Waals surface area contributed by atoms with E-state index in [1.165, 1.54) is 11.1 Å². The minimum Gasteiger partial charge on any atom is -0.493 e. The molecule has 0 bridgehead atoms. The number of ether oxygens (including phenoxy) is 2. The van der Waals surface area contributed by atoms with Gasteiger partial charge >= 0.3 is 0 Å². The van der Waals surface area contributed by atoms with Gasteiger partial charge in [0, 0.05) is 12.6 Å². The van der Waals surface area contributed by atoms with Crippen molar-refractivity contribution in [3.8, 4) is 11.5 Å². The third-order valence-corrected chi connectivity index (χ3v) is 3.81. The summed E-state index contributed by atoms with van der Waals surface area (Å²) in [5.74, 6) is 1.54. The largest absolute Gasteiger partial charge is 0.493 e. The molecule has 0 saturated carbocycles. The van der Waals surface area contributed by atoms with Crippen LogP contribution < -0.4 is 14.8 Å². The molecule has 22 heavy (non-hydrogen) atoms. The first-order chi connectivity index (χ1) is 10.7. The number of hydrogen-bond acceptors (Lipinski definition) is 3. The molecular weight excluding hydrogens is 274 g/mol. The van der Waals surface area contributed by atoms with Gasteiger partial charge in [-0.3, -0.25) is 0 Å². The van der Waals surface area contributed by atoms with Gasteiger partial charge in [-0.15, -0.1) is 0 Å². The van der Waals surface area contributed by atoms with Crippen LogP contribution in [-0.2, 0) is 13.0 Å². The molecule has 118 valence electrons. The Kier molecular flexibility index (Phi) is 6.28. The first-order valence-electron chi connectivity index (χ1n) is 7.71. The standard InChI is InChI=1S/C19H25NO2/c1-15(9-10-16-7-5-4-6-8-16)20-14-17-11-12-18(21-2)19(13-17)22-3/h4-8,11-13,15,20H,9-10,14H2,1-3H3/t15-/m1/s1. The summed E-state index contributed by atoms with van der Waals surface area (Å²) in [5.41, 5.74) is 2.59. The molecule has 0 heterocycles. The van der Waals surface area contributed by atoms with Gasteiger partial charge in [0.15, 0.2) is 11.5 Å². The summed E-state index contributed by atoms with van der Waals surface area (Å²) in [5, 5.41) is 3.56. The maximum atomic E-state index is 5.34. The number of rotatable bonds is 8. The van der Waals surface area contributed by atoms with Crippen molar-refractivity contribution >= 4 is 0 Å². The minimum absolute atomic E-state index is 0.466. The highest BCUT2D eigenvalue weighted by molar-refractivity contribution is 5.42. The molecule has 0 aliphatic heterocycles. The Hall–Kier alpha value is -2.00. The Bertz CT molecular complexity index is 569. The van der Waals surface area contributed by atoms with Crippen molar-refractivity contribution in [2.45, 2.75) is 32.4 Å². The topological polar surface area (TPSA) is 30.5 Å². The summed E-state index contributed by atoms with van der Waals surface area (Å²) in [6.07, 6.45) is 2.22. The van der Waals surface area contributed by atoms with Crippen LogP contribution in [0.25, 0.3) is 0 Å². The molecule has 0 aliphatic rings. The van der Waals surface area contributed by atoms with E-state index in [1.807, 2.05) is 12.1 Å². The summed E-state index contributed by atoms with van der Waals surface area (Å²) in [4.78, 5) is 0. The number of hydrogen-bond donors (Lipinski definition) is 1. The van der Waals surface area contributed by atoms with E-state index in [0.717, 1.165) is 30.9 Å². The van der Waals surface area contributed by atoms with E-state index in [-0.39, 0.29) is 0 Å². The lowest BCUT2D eigenvalue weighted by Crippen LogP contribution is -2.25.